The Hall–Kier alpha value is -2.06. The molecule has 0 bridgehead atoms. The van der Waals surface area contributed by atoms with Crippen LogP contribution in [-0.4, -0.2) is 17.1 Å². The summed E-state index contributed by atoms with van der Waals surface area (Å²) in [7, 11) is 1.59. The molecule has 0 amide bonds. The van der Waals surface area contributed by atoms with Gasteiger partial charge < -0.3 is 4.74 Å². The van der Waals surface area contributed by atoms with Crippen LogP contribution in [0, 0.1) is 11.3 Å². The third-order valence-electron chi connectivity index (χ3n) is 2.05. The van der Waals surface area contributed by atoms with Gasteiger partial charge in [-0.15, -0.1) is 0 Å². The summed E-state index contributed by atoms with van der Waals surface area (Å²) < 4.78 is 5.13. The number of nitriles is 1. The quantitative estimate of drug-likeness (QED) is 0.775. The van der Waals surface area contributed by atoms with Crippen molar-refractivity contribution in [1.82, 2.24) is 9.97 Å². The van der Waals surface area contributed by atoms with Crippen molar-refractivity contribution in [3.05, 3.63) is 42.2 Å². The molecule has 1 heterocycles. The van der Waals surface area contributed by atoms with E-state index in [2.05, 4.69) is 16.0 Å². The molecule has 0 radical (unpaired) electrons. The lowest BCUT2D eigenvalue weighted by Gasteiger charge is -2.05. The highest BCUT2D eigenvalue weighted by Crippen LogP contribution is 2.30. The Labute approximate surface area is 103 Å². The minimum absolute atomic E-state index is 0.586. The van der Waals surface area contributed by atoms with Crippen molar-refractivity contribution in [3.63, 3.8) is 0 Å². The lowest BCUT2D eigenvalue weighted by molar-refractivity contribution is 0.413. The second-order valence-corrected chi connectivity index (χ2v) is 4.12. The van der Waals surface area contributed by atoms with Crippen molar-refractivity contribution in [1.29, 1.82) is 5.26 Å². The second-order valence-electron chi connectivity index (χ2n) is 3.11. The molecule has 1 aromatic heterocycles. The lowest BCUT2D eigenvalue weighted by Crippen LogP contribution is -1.88. The normalized spacial score (nSPS) is 9.65. The summed E-state index contributed by atoms with van der Waals surface area (Å²) in [6, 6.07) is 9.18. The third-order valence-corrected chi connectivity index (χ3v) is 3.00. The summed E-state index contributed by atoms with van der Waals surface area (Å²) >= 11 is 1.34. The largest absolute Gasteiger partial charge is 0.497 e. The van der Waals surface area contributed by atoms with Crippen molar-refractivity contribution in [2.24, 2.45) is 0 Å². The van der Waals surface area contributed by atoms with E-state index >= 15 is 0 Å². The summed E-state index contributed by atoms with van der Waals surface area (Å²) in [5, 5.41) is 9.62. The number of rotatable bonds is 3. The molecule has 0 fully saturated rings. The first-order valence-corrected chi connectivity index (χ1v) is 5.68. The molecule has 0 aliphatic heterocycles. The van der Waals surface area contributed by atoms with E-state index in [-0.39, 0.29) is 0 Å². The van der Waals surface area contributed by atoms with Gasteiger partial charge in [-0.2, -0.15) is 5.26 Å². The van der Waals surface area contributed by atoms with Crippen LogP contribution in [0.4, 0.5) is 0 Å². The van der Waals surface area contributed by atoms with Crippen LogP contribution in [-0.2, 0) is 0 Å². The van der Waals surface area contributed by atoms with Crippen LogP contribution in [0.5, 0.6) is 5.75 Å². The van der Waals surface area contributed by atoms with Crippen molar-refractivity contribution in [2.45, 2.75) is 10.1 Å². The monoisotopic (exact) mass is 243 g/mol. The maximum atomic E-state index is 9.02. The molecule has 2 rings (SSSR count). The van der Waals surface area contributed by atoms with Gasteiger partial charge in [-0.25, -0.2) is 9.97 Å². The van der Waals surface area contributed by atoms with E-state index in [1.54, 1.807) is 43.8 Å². The van der Waals surface area contributed by atoms with Crippen LogP contribution >= 0.6 is 11.8 Å². The van der Waals surface area contributed by atoms with Gasteiger partial charge in [-0.1, -0.05) is 0 Å². The van der Waals surface area contributed by atoms with Crippen molar-refractivity contribution >= 4 is 11.8 Å². The molecule has 0 saturated carbocycles. The maximum Gasteiger partial charge on any atom is 0.192 e. The van der Waals surface area contributed by atoms with E-state index in [4.69, 9.17) is 10.00 Å². The van der Waals surface area contributed by atoms with E-state index < -0.39 is 0 Å². The molecule has 0 aliphatic rings. The van der Waals surface area contributed by atoms with Crippen molar-refractivity contribution in [3.8, 4) is 11.8 Å². The summed E-state index contributed by atoms with van der Waals surface area (Å²) in [4.78, 5) is 9.00. The van der Waals surface area contributed by atoms with Crippen LogP contribution in [0.25, 0.3) is 0 Å². The summed E-state index contributed by atoms with van der Waals surface area (Å²) in [5.41, 5.74) is 0.586. The van der Waals surface area contributed by atoms with Gasteiger partial charge in [-0.3, -0.25) is 0 Å². The summed E-state index contributed by atoms with van der Waals surface area (Å²) in [5.74, 6) is 0.711. The molecule has 5 heteroatoms. The fourth-order valence-electron chi connectivity index (χ4n) is 1.24. The minimum Gasteiger partial charge on any atom is -0.497 e. The molecule has 0 saturated heterocycles. The SMILES string of the molecule is COc1ccc(C#N)c(Sc2ncccn2)c1. The summed E-state index contributed by atoms with van der Waals surface area (Å²) in [6.07, 6.45) is 3.34. The number of nitrogens with zero attached hydrogens (tertiary/aromatic N) is 3. The molecule has 1 aromatic carbocycles. The van der Waals surface area contributed by atoms with Gasteiger partial charge in [0.05, 0.1) is 12.7 Å². The molecular weight excluding hydrogens is 234 g/mol. The predicted octanol–water partition coefficient (Wildman–Crippen LogP) is 2.51. The molecule has 2 aromatic rings. The van der Waals surface area contributed by atoms with Gasteiger partial charge in [0.1, 0.15) is 11.8 Å². The van der Waals surface area contributed by atoms with E-state index in [1.165, 1.54) is 11.8 Å². The number of aromatic nitrogens is 2. The Balaban J connectivity index is 2.34. The van der Waals surface area contributed by atoms with E-state index in [1.807, 2.05) is 0 Å². The highest BCUT2D eigenvalue weighted by atomic mass is 32.2. The number of methoxy groups -OCH3 is 1. The van der Waals surface area contributed by atoms with Gasteiger partial charge in [0.2, 0.25) is 0 Å². The molecule has 0 spiro atoms. The summed E-state index contributed by atoms with van der Waals surface area (Å²) in [6.45, 7) is 0. The zero-order valence-electron chi connectivity index (χ0n) is 9.12. The topological polar surface area (TPSA) is 58.8 Å². The Morgan fingerprint density at radius 3 is 2.71 bits per heavy atom. The maximum absolute atomic E-state index is 9.02. The minimum atomic E-state index is 0.586. The Morgan fingerprint density at radius 2 is 2.06 bits per heavy atom. The van der Waals surface area contributed by atoms with Crippen LogP contribution in [0.2, 0.25) is 0 Å². The molecular formula is C12H9N3OS. The van der Waals surface area contributed by atoms with Gasteiger partial charge in [0.15, 0.2) is 5.16 Å². The Kier molecular flexibility index (Phi) is 3.58. The smallest absolute Gasteiger partial charge is 0.192 e. The molecule has 84 valence electrons. The van der Waals surface area contributed by atoms with E-state index in [0.29, 0.717) is 16.5 Å². The van der Waals surface area contributed by atoms with Crippen LogP contribution in [0.1, 0.15) is 5.56 Å². The fraction of sp³-hybridized carbons (Fsp3) is 0.0833. The standard InChI is InChI=1S/C12H9N3OS/c1-16-10-4-3-9(8-13)11(7-10)17-12-14-5-2-6-15-12/h2-7H,1H3. The first kappa shape index (κ1) is 11.4. The zero-order valence-corrected chi connectivity index (χ0v) is 9.94. The third kappa shape index (κ3) is 2.74. The van der Waals surface area contributed by atoms with Crippen LogP contribution < -0.4 is 4.74 Å². The van der Waals surface area contributed by atoms with E-state index in [9.17, 15) is 0 Å². The number of hydrogen-bond donors (Lipinski definition) is 0. The second kappa shape index (κ2) is 5.32. The molecule has 4 nitrogen and oxygen atoms in total. The van der Waals surface area contributed by atoms with Crippen LogP contribution in [0.3, 0.4) is 0 Å². The molecule has 0 N–H and O–H groups in total. The van der Waals surface area contributed by atoms with Crippen molar-refractivity contribution in [2.75, 3.05) is 7.11 Å². The first-order valence-electron chi connectivity index (χ1n) is 4.86. The van der Waals surface area contributed by atoms with Crippen LogP contribution in [0.15, 0.2) is 46.7 Å². The van der Waals surface area contributed by atoms with Gasteiger partial charge in [-0.05, 0) is 36.0 Å². The molecule has 0 unspecified atom stereocenters. The molecule has 0 aliphatic carbocycles. The molecule has 0 atom stereocenters. The van der Waals surface area contributed by atoms with Gasteiger partial charge >= 0.3 is 0 Å². The molecule has 17 heavy (non-hydrogen) atoms. The fourth-order valence-corrected chi connectivity index (χ4v) is 2.07. The zero-order chi connectivity index (χ0) is 12.1. The average molecular weight is 243 g/mol. The van der Waals surface area contributed by atoms with Gasteiger partial charge in [0.25, 0.3) is 0 Å². The number of hydrogen-bond acceptors (Lipinski definition) is 5. The predicted molar refractivity (Wildman–Crippen MR) is 63.9 cm³/mol. The Bertz CT molecular complexity index is 551. The highest BCUT2D eigenvalue weighted by Gasteiger charge is 2.07. The lowest BCUT2D eigenvalue weighted by atomic mass is 10.2. The van der Waals surface area contributed by atoms with Gasteiger partial charge in [0, 0.05) is 17.3 Å². The number of ether oxygens (including phenoxy) is 1. The van der Waals surface area contributed by atoms with E-state index in [0.717, 1.165) is 4.90 Å². The Morgan fingerprint density at radius 1 is 1.29 bits per heavy atom. The number of benzene rings is 1. The van der Waals surface area contributed by atoms with Crippen molar-refractivity contribution < 1.29 is 4.74 Å². The highest BCUT2D eigenvalue weighted by molar-refractivity contribution is 7.99. The first-order chi connectivity index (χ1) is 8.33. The average Bonchev–Trinajstić information content (AvgIpc) is 2.40.